The average molecular weight is 261 g/mol. The van der Waals surface area contributed by atoms with Gasteiger partial charge in [-0.25, -0.2) is 0 Å². The van der Waals surface area contributed by atoms with Gasteiger partial charge >= 0.3 is 0 Å². The first kappa shape index (κ1) is 14.5. The molecule has 1 aromatic carbocycles. The molecule has 0 saturated heterocycles. The third-order valence-electron chi connectivity index (χ3n) is 4.32. The average Bonchev–Trinajstić information content (AvgIpc) is 2.47. The maximum Gasteiger partial charge on any atom is 0.0723 e. The predicted octanol–water partition coefficient (Wildman–Crippen LogP) is 3.67. The smallest absolute Gasteiger partial charge is 0.0723 e. The minimum atomic E-state index is 0.463. The highest BCUT2D eigenvalue weighted by Gasteiger charge is 2.21. The van der Waals surface area contributed by atoms with Crippen LogP contribution in [0.3, 0.4) is 0 Å². The molecule has 2 unspecified atom stereocenters. The maximum atomic E-state index is 6.15. The van der Waals surface area contributed by atoms with Crippen molar-refractivity contribution in [3.63, 3.8) is 0 Å². The topological polar surface area (TPSA) is 35.2 Å². The summed E-state index contributed by atoms with van der Waals surface area (Å²) in [6.45, 7) is 3.75. The molecule has 0 heterocycles. The molecule has 1 aliphatic rings. The number of benzene rings is 1. The lowest BCUT2D eigenvalue weighted by Crippen LogP contribution is -2.22. The fraction of sp³-hybridized carbons (Fsp3) is 0.647. The lowest BCUT2D eigenvalue weighted by Gasteiger charge is -2.28. The largest absolute Gasteiger partial charge is 0.374 e. The van der Waals surface area contributed by atoms with Gasteiger partial charge in [0.25, 0.3) is 0 Å². The van der Waals surface area contributed by atoms with Gasteiger partial charge in [0.05, 0.1) is 12.7 Å². The van der Waals surface area contributed by atoms with Crippen molar-refractivity contribution in [2.24, 2.45) is 11.7 Å². The Morgan fingerprint density at radius 3 is 2.74 bits per heavy atom. The van der Waals surface area contributed by atoms with Crippen molar-refractivity contribution in [1.29, 1.82) is 0 Å². The monoisotopic (exact) mass is 261 g/mol. The maximum absolute atomic E-state index is 6.15. The van der Waals surface area contributed by atoms with Crippen LogP contribution in [0.2, 0.25) is 0 Å². The zero-order chi connectivity index (χ0) is 13.5. The number of hydrogen-bond acceptors (Lipinski definition) is 2. The van der Waals surface area contributed by atoms with Gasteiger partial charge in [0.1, 0.15) is 0 Å². The number of rotatable bonds is 6. The Labute approximate surface area is 117 Å². The zero-order valence-electron chi connectivity index (χ0n) is 12.1. The molecule has 0 amide bonds. The van der Waals surface area contributed by atoms with Gasteiger partial charge in [0.2, 0.25) is 0 Å². The summed E-state index contributed by atoms with van der Waals surface area (Å²) in [4.78, 5) is 0. The van der Waals surface area contributed by atoms with Crippen molar-refractivity contribution in [3.8, 4) is 0 Å². The summed E-state index contributed by atoms with van der Waals surface area (Å²) in [5, 5.41) is 0. The minimum absolute atomic E-state index is 0.463. The molecule has 2 atom stereocenters. The van der Waals surface area contributed by atoms with Crippen LogP contribution >= 0.6 is 0 Å². The van der Waals surface area contributed by atoms with E-state index < -0.39 is 0 Å². The van der Waals surface area contributed by atoms with Gasteiger partial charge < -0.3 is 10.5 Å². The SMILES string of the molecule is CCC1CCCC(OCc2ccccc2CCN)C1. The molecule has 2 heteroatoms. The number of nitrogens with two attached hydrogens (primary N) is 1. The van der Waals surface area contributed by atoms with Crippen molar-refractivity contribution in [3.05, 3.63) is 35.4 Å². The second-order valence-corrected chi connectivity index (χ2v) is 5.68. The van der Waals surface area contributed by atoms with E-state index in [0.29, 0.717) is 12.6 Å². The lowest BCUT2D eigenvalue weighted by atomic mass is 9.85. The Hall–Kier alpha value is -0.860. The summed E-state index contributed by atoms with van der Waals surface area (Å²) in [5.41, 5.74) is 8.32. The van der Waals surface area contributed by atoms with Crippen molar-refractivity contribution in [2.75, 3.05) is 6.54 Å². The second kappa shape index (κ2) is 7.66. The van der Waals surface area contributed by atoms with Gasteiger partial charge in [-0.05, 0) is 42.9 Å². The van der Waals surface area contributed by atoms with Crippen LogP contribution in [0.5, 0.6) is 0 Å². The first-order chi connectivity index (χ1) is 9.33. The molecule has 1 aliphatic carbocycles. The molecule has 0 radical (unpaired) electrons. The van der Waals surface area contributed by atoms with Crippen molar-refractivity contribution >= 4 is 0 Å². The van der Waals surface area contributed by atoms with Crippen LogP contribution in [0.15, 0.2) is 24.3 Å². The Morgan fingerprint density at radius 1 is 1.21 bits per heavy atom. The molecule has 106 valence electrons. The quantitative estimate of drug-likeness (QED) is 0.848. The van der Waals surface area contributed by atoms with E-state index in [-0.39, 0.29) is 0 Å². The van der Waals surface area contributed by atoms with Crippen LogP contribution in [0, 0.1) is 5.92 Å². The summed E-state index contributed by atoms with van der Waals surface area (Å²) in [5.74, 6) is 0.873. The molecule has 2 N–H and O–H groups in total. The summed E-state index contributed by atoms with van der Waals surface area (Å²) in [6.07, 6.45) is 7.90. The van der Waals surface area contributed by atoms with Gasteiger partial charge in [-0.15, -0.1) is 0 Å². The molecule has 0 bridgehead atoms. The van der Waals surface area contributed by atoms with E-state index in [1.54, 1.807) is 0 Å². The molecule has 1 aromatic rings. The van der Waals surface area contributed by atoms with Crippen LogP contribution in [0.4, 0.5) is 0 Å². The van der Waals surface area contributed by atoms with Crippen LogP contribution < -0.4 is 5.73 Å². The van der Waals surface area contributed by atoms with Gasteiger partial charge in [0, 0.05) is 0 Å². The van der Waals surface area contributed by atoms with Crippen molar-refractivity contribution < 1.29 is 4.74 Å². The summed E-state index contributed by atoms with van der Waals surface area (Å²) in [6, 6.07) is 8.52. The Morgan fingerprint density at radius 2 is 2.00 bits per heavy atom. The lowest BCUT2D eigenvalue weighted by molar-refractivity contribution is 0.00150. The standard InChI is InChI=1S/C17H27NO/c1-2-14-6-5-9-17(12-14)19-13-16-8-4-3-7-15(16)10-11-18/h3-4,7-8,14,17H,2,5-6,9-13,18H2,1H3. The molecular formula is C17H27NO. The van der Waals surface area contributed by atoms with Crippen molar-refractivity contribution in [1.82, 2.24) is 0 Å². The number of hydrogen-bond donors (Lipinski definition) is 1. The molecule has 2 rings (SSSR count). The fourth-order valence-electron chi connectivity index (χ4n) is 3.07. The van der Waals surface area contributed by atoms with Crippen LogP contribution in [-0.2, 0) is 17.8 Å². The third-order valence-corrected chi connectivity index (χ3v) is 4.32. The third kappa shape index (κ3) is 4.32. The van der Waals surface area contributed by atoms with Crippen LogP contribution in [0.1, 0.15) is 50.2 Å². The highest BCUT2D eigenvalue weighted by Crippen LogP contribution is 2.29. The molecule has 1 saturated carbocycles. The van der Waals surface area contributed by atoms with E-state index in [9.17, 15) is 0 Å². The van der Waals surface area contributed by atoms with E-state index in [0.717, 1.165) is 18.9 Å². The van der Waals surface area contributed by atoms with Crippen molar-refractivity contribution in [2.45, 2.75) is 58.2 Å². The first-order valence-electron chi connectivity index (χ1n) is 7.72. The van der Waals surface area contributed by atoms with Gasteiger partial charge in [-0.1, -0.05) is 50.5 Å². The molecule has 0 aliphatic heterocycles. The highest BCUT2D eigenvalue weighted by atomic mass is 16.5. The Kier molecular flexibility index (Phi) is 5.87. The normalized spacial score (nSPS) is 23.5. The molecule has 0 spiro atoms. The first-order valence-corrected chi connectivity index (χ1v) is 7.72. The minimum Gasteiger partial charge on any atom is -0.374 e. The molecule has 2 nitrogen and oxygen atoms in total. The number of ether oxygens (including phenoxy) is 1. The Balaban J connectivity index is 1.87. The van der Waals surface area contributed by atoms with Gasteiger partial charge in [0.15, 0.2) is 0 Å². The van der Waals surface area contributed by atoms with E-state index >= 15 is 0 Å². The molecular weight excluding hydrogens is 234 g/mol. The van der Waals surface area contributed by atoms with Gasteiger partial charge in [-0.3, -0.25) is 0 Å². The van der Waals surface area contributed by atoms with Crippen LogP contribution in [-0.4, -0.2) is 12.6 Å². The predicted molar refractivity (Wildman–Crippen MR) is 80.0 cm³/mol. The zero-order valence-corrected chi connectivity index (χ0v) is 12.1. The summed E-state index contributed by atoms with van der Waals surface area (Å²) in [7, 11) is 0. The second-order valence-electron chi connectivity index (χ2n) is 5.68. The van der Waals surface area contributed by atoms with Gasteiger partial charge in [-0.2, -0.15) is 0 Å². The fourth-order valence-corrected chi connectivity index (χ4v) is 3.07. The molecule has 0 aromatic heterocycles. The Bertz CT molecular complexity index is 377. The van der Waals surface area contributed by atoms with E-state index in [2.05, 4.69) is 31.2 Å². The summed E-state index contributed by atoms with van der Waals surface area (Å²) < 4.78 is 6.15. The molecule has 1 fully saturated rings. The van der Waals surface area contributed by atoms with E-state index in [4.69, 9.17) is 10.5 Å². The van der Waals surface area contributed by atoms with E-state index in [1.165, 1.54) is 43.2 Å². The van der Waals surface area contributed by atoms with E-state index in [1.807, 2.05) is 0 Å². The molecule has 19 heavy (non-hydrogen) atoms. The highest BCUT2D eigenvalue weighted by molar-refractivity contribution is 5.26. The summed E-state index contributed by atoms with van der Waals surface area (Å²) >= 11 is 0. The van der Waals surface area contributed by atoms with Crippen LogP contribution in [0.25, 0.3) is 0 Å².